The van der Waals surface area contributed by atoms with E-state index in [1.54, 1.807) is 31.5 Å². The average Bonchev–Trinajstić information content (AvgIpc) is 3.17. The monoisotopic (exact) mass is 366 g/mol. The number of benzene rings is 1. The van der Waals surface area contributed by atoms with Gasteiger partial charge in [-0.25, -0.2) is 0 Å². The molecule has 1 saturated heterocycles. The summed E-state index contributed by atoms with van der Waals surface area (Å²) in [5.41, 5.74) is 3.14. The van der Waals surface area contributed by atoms with Crippen molar-refractivity contribution in [3.63, 3.8) is 0 Å². The summed E-state index contributed by atoms with van der Waals surface area (Å²) in [5.74, 6) is -0.125. The Morgan fingerprint density at radius 2 is 2.04 bits per heavy atom. The first kappa shape index (κ1) is 17.7. The highest BCUT2D eigenvalue weighted by Gasteiger charge is 2.26. The van der Waals surface area contributed by atoms with Gasteiger partial charge in [-0.1, -0.05) is 12.1 Å². The summed E-state index contributed by atoms with van der Waals surface area (Å²) >= 11 is 0. The van der Waals surface area contributed by atoms with Crippen molar-refractivity contribution in [3.8, 4) is 11.3 Å². The van der Waals surface area contributed by atoms with Crippen LogP contribution in [0, 0.1) is 0 Å². The number of aliphatic hydroxyl groups is 1. The number of carbonyl (C=O) groups excluding carboxylic acids is 1. The van der Waals surface area contributed by atoms with Crippen molar-refractivity contribution >= 4 is 16.9 Å². The number of furan rings is 1. The first-order chi connectivity index (χ1) is 13.1. The lowest BCUT2D eigenvalue weighted by Crippen LogP contribution is -2.45. The van der Waals surface area contributed by atoms with E-state index in [-0.39, 0.29) is 18.1 Å². The van der Waals surface area contributed by atoms with Gasteiger partial charge < -0.3 is 19.6 Å². The van der Waals surface area contributed by atoms with Gasteiger partial charge in [0.15, 0.2) is 0 Å². The Bertz CT molecular complexity index is 925. The molecule has 1 unspecified atom stereocenters. The minimum Gasteiger partial charge on any atom is -0.464 e. The zero-order valence-electron chi connectivity index (χ0n) is 15.1. The number of aliphatic hydroxyl groups excluding tert-OH is 1. The van der Waals surface area contributed by atoms with E-state index in [9.17, 15) is 9.90 Å². The highest BCUT2D eigenvalue weighted by Crippen LogP contribution is 2.27. The highest BCUT2D eigenvalue weighted by atomic mass is 16.5. The van der Waals surface area contributed by atoms with E-state index in [1.165, 1.54) is 0 Å². The van der Waals surface area contributed by atoms with E-state index in [0.29, 0.717) is 12.2 Å². The van der Waals surface area contributed by atoms with Crippen molar-refractivity contribution in [2.24, 2.45) is 0 Å². The van der Waals surface area contributed by atoms with Crippen LogP contribution in [0.15, 0.2) is 53.3 Å². The smallest absolute Gasteiger partial charge is 0.251 e. The third-order valence-electron chi connectivity index (χ3n) is 4.98. The maximum absolute atomic E-state index is 12.5. The van der Waals surface area contributed by atoms with Crippen LogP contribution >= 0.6 is 0 Å². The number of ether oxygens (including phenoxy) is 1. The molecule has 0 saturated carbocycles. The van der Waals surface area contributed by atoms with Crippen molar-refractivity contribution < 1.29 is 19.1 Å². The number of nitrogens with zero attached hydrogens (tertiary/aromatic N) is 1. The molecule has 2 aromatic heterocycles. The summed E-state index contributed by atoms with van der Waals surface area (Å²) in [6.07, 6.45) is 4.27. The van der Waals surface area contributed by atoms with E-state index < -0.39 is 6.10 Å². The molecular weight excluding hydrogens is 344 g/mol. The predicted octanol–water partition coefficient (Wildman–Crippen LogP) is 3.15. The van der Waals surface area contributed by atoms with Gasteiger partial charge in [-0.3, -0.25) is 9.78 Å². The van der Waals surface area contributed by atoms with Crippen LogP contribution in [0.25, 0.3) is 22.2 Å². The molecule has 27 heavy (non-hydrogen) atoms. The first-order valence-electron chi connectivity index (χ1n) is 9.15. The Morgan fingerprint density at radius 3 is 2.74 bits per heavy atom. The molecule has 6 nitrogen and oxygen atoms in total. The van der Waals surface area contributed by atoms with Crippen LogP contribution in [-0.4, -0.2) is 40.9 Å². The minimum absolute atomic E-state index is 0.0338. The van der Waals surface area contributed by atoms with E-state index in [4.69, 9.17) is 9.15 Å². The van der Waals surface area contributed by atoms with Crippen LogP contribution in [0.2, 0.25) is 0 Å². The summed E-state index contributed by atoms with van der Waals surface area (Å²) in [6, 6.07) is 11.1. The normalized spacial score (nSPS) is 21.1. The van der Waals surface area contributed by atoms with Crippen LogP contribution in [0.1, 0.15) is 30.1 Å². The lowest BCUT2D eigenvalue weighted by Gasteiger charge is -2.31. The van der Waals surface area contributed by atoms with Crippen LogP contribution < -0.4 is 5.32 Å². The van der Waals surface area contributed by atoms with Crippen molar-refractivity contribution in [2.75, 3.05) is 6.61 Å². The van der Waals surface area contributed by atoms with Gasteiger partial charge >= 0.3 is 0 Å². The first-order valence-corrected chi connectivity index (χ1v) is 9.15. The zero-order valence-corrected chi connectivity index (χ0v) is 15.1. The maximum atomic E-state index is 12.5. The summed E-state index contributed by atoms with van der Waals surface area (Å²) in [5, 5.41) is 13.5. The molecule has 1 aliphatic rings. The van der Waals surface area contributed by atoms with Gasteiger partial charge in [-0.2, -0.15) is 0 Å². The maximum Gasteiger partial charge on any atom is 0.251 e. The second-order valence-corrected chi connectivity index (χ2v) is 6.93. The van der Waals surface area contributed by atoms with Gasteiger partial charge in [0.2, 0.25) is 0 Å². The van der Waals surface area contributed by atoms with Gasteiger partial charge in [0.05, 0.1) is 36.8 Å². The van der Waals surface area contributed by atoms with Crippen molar-refractivity contribution in [2.45, 2.75) is 38.0 Å². The fourth-order valence-electron chi connectivity index (χ4n) is 3.44. The Balaban J connectivity index is 1.43. The van der Waals surface area contributed by atoms with Crippen molar-refractivity contribution in [1.82, 2.24) is 10.3 Å². The Hall–Kier alpha value is -2.70. The molecule has 1 aliphatic heterocycles. The second kappa shape index (κ2) is 7.50. The third-order valence-corrected chi connectivity index (χ3v) is 4.98. The lowest BCUT2D eigenvalue weighted by atomic mass is 10.0. The van der Waals surface area contributed by atoms with E-state index in [0.717, 1.165) is 35.1 Å². The Morgan fingerprint density at radius 1 is 1.22 bits per heavy atom. The molecule has 1 aromatic carbocycles. The fourth-order valence-corrected chi connectivity index (χ4v) is 3.44. The molecule has 0 bridgehead atoms. The minimum atomic E-state index is -0.484. The number of fused-ring (bicyclic) bond motifs is 1. The van der Waals surface area contributed by atoms with Gasteiger partial charge in [-0.05, 0) is 44.0 Å². The van der Waals surface area contributed by atoms with Crippen LogP contribution in [0.5, 0.6) is 0 Å². The zero-order chi connectivity index (χ0) is 18.8. The number of carbonyl (C=O) groups is 1. The number of amides is 1. The van der Waals surface area contributed by atoms with Crippen molar-refractivity contribution in [1.29, 1.82) is 0 Å². The number of hydrogen-bond acceptors (Lipinski definition) is 5. The number of nitrogens with one attached hydrogen (secondary N) is 1. The van der Waals surface area contributed by atoms with Crippen molar-refractivity contribution in [3.05, 3.63) is 54.4 Å². The largest absolute Gasteiger partial charge is 0.464 e. The third kappa shape index (κ3) is 3.72. The number of rotatable bonds is 4. The van der Waals surface area contributed by atoms with Crippen LogP contribution in [0.4, 0.5) is 0 Å². The van der Waals surface area contributed by atoms with E-state index in [2.05, 4.69) is 10.3 Å². The number of hydrogen-bond donors (Lipinski definition) is 2. The van der Waals surface area contributed by atoms with E-state index >= 15 is 0 Å². The molecule has 3 aromatic rings. The van der Waals surface area contributed by atoms with Gasteiger partial charge in [0.25, 0.3) is 5.91 Å². The van der Waals surface area contributed by atoms with Gasteiger partial charge in [0.1, 0.15) is 5.58 Å². The van der Waals surface area contributed by atoms with Gasteiger partial charge in [0, 0.05) is 22.7 Å². The standard InChI is InChI=1S/C21H22N2O4/c1-13(24)18-7-6-16(12-27-18)23-21(25)15-4-2-14(3-5-15)20-17-9-11-26-19(17)8-10-22-20/h2-5,8-11,13,16,18,24H,6-7,12H2,1H3,(H,23,25)/t13?,16-,18+/m1/s1. The van der Waals surface area contributed by atoms with Gasteiger partial charge in [-0.15, -0.1) is 0 Å². The summed E-state index contributed by atoms with van der Waals surface area (Å²) in [4.78, 5) is 16.9. The van der Waals surface area contributed by atoms with Crippen LogP contribution in [-0.2, 0) is 4.74 Å². The molecule has 4 rings (SSSR count). The molecule has 1 fully saturated rings. The quantitative estimate of drug-likeness (QED) is 0.741. The second-order valence-electron chi connectivity index (χ2n) is 6.93. The Labute approximate surface area is 157 Å². The number of pyridine rings is 1. The molecule has 6 heteroatoms. The fraction of sp³-hybridized carbons (Fsp3) is 0.333. The topological polar surface area (TPSA) is 84.6 Å². The molecule has 3 atom stereocenters. The summed E-state index contributed by atoms with van der Waals surface area (Å²) < 4.78 is 11.0. The Kier molecular flexibility index (Phi) is 4.92. The number of aromatic nitrogens is 1. The molecule has 0 radical (unpaired) electrons. The lowest BCUT2D eigenvalue weighted by molar-refractivity contribution is -0.0644. The SMILES string of the molecule is CC(O)[C@@H]1CC[C@@H](NC(=O)c2ccc(-c3nccc4occc34)cc2)CO1. The summed E-state index contributed by atoms with van der Waals surface area (Å²) in [6.45, 7) is 2.15. The molecule has 0 aliphatic carbocycles. The molecule has 140 valence electrons. The molecule has 0 spiro atoms. The van der Waals surface area contributed by atoms with E-state index in [1.807, 2.05) is 24.3 Å². The summed E-state index contributed by atoms with van der Waals surface area (Å²) in [7, 11) is 0. The molecule has 2 N–H and O–H groups in total. The molecule has 3 heterocycles. The molecular formula is C21H22N2O4. The highest BCUT2D eigenvalue weighted by molar-refractivity contribution is 5.96. The van der Waals surface area contributed by atoms with Crippen LogP contribution in [0.3, 0.4) is 0 Å². The predicted molar refractivity (Wildman–Crippen MR) is 101 cm³/mol. The molecule has 1 amide bonds. The average molecular weight is 366 g/mol.